The van der Waals surface area contributed by atoms with Gasteiger partial charge >= 0.3 is 0 Å². The van der Waals surface area contributed by atoms with Gasteiger partial charge in [-0.05, 0) is 63.5 Å². The Labute approximate surface area is 157 Å². The number of hydrogen-bond donors (Lipinski definition) is 1. The minimum atomic E-state index is -0.0966. The lowest BCUT2D eigenvalue weighted by molar-refractivity contribution is 0.102. The van der Waals surface area contributed by atoms with Gasteiger partial charge in [-0.3, -0.25) is 14.4 Å². The maximum Gasteiger partial charge on any atom is 0.259 e. The van der Waals surface area contributed by atoms with Crippen LogP contribution in [-0.2, 0) is 6.42 Å². The highest BCUT2D eigenvalue weighted by molar-refractivity contribution is 7.97. The van der Waals surface area contributed by atoms with E-state index in [0.29, 0.717) is 16.7 Å². The second kappa shape index (κ2) is 7.76. The summed E-state index contributed by atoms with van der Waals surface area (Å²) in [5.74, 6) is -0.0966. The smallest absolute Gasteiger partial charge is 0.259 e. The van der Waals surface area contributed by atoms with E-state index in [9.17, 15) is 4.79 Å². The molecule has 0 saturated heterocycles. The number of hydrogen-bond acceptors (Lipinski definition) is 6. The Morgan fingerprint density at radius 1 is 1.36 bits per heavy atom. The number of nitrogens with zero attached hydrogens (tertiary/aromatic N) is 3. The summed E-state index contributed by atoms with van der Waals surface area (Å²) in [5.41, 5.74) is 1.69. The number of aromatic nitrogens is 1. The molecular weight excluding hydrogens is 352 g/mol. The van der Waals surface area contributed by atoms with Crippen molar-refractivity contribution in [3.8, 4) is 0 Å². The van der Waals surface area contributed by atoms with Crippen molar-refractivity contribution in [3.05, 3.63) is 34.8 Å². The summed E-state index contributed by atoms with van der Waals surface area (Å²) in [6.07, 6.45) is 5.14. The molecule has 1 aromatic carbocycles. The third-order valence-electron chi connectivity index (χ3n) is 4.10. The highest BCUT2D eigenvalue weighted by Gasteiger charge is 2.29. The molecule has 1 amide bonds. The van der Waals surface area contributed by atoms with E-state index in [2.05, 4.69) is 41.3 Å². The first kappa shape index (κ1) is 18.2. The molecule has 1 aliphatic carbocycles. The van der Waals surface area contributed by atoms with Crippen LogP contribution in [0, 0.1) is 0 Å². The van der Waals surface area contributed by atoms with Gasteiger partial charge in [0.15, 0.2) is 5.13 Å². The number of carbonyl (C=O) groups is 1. The number of nitrogens with one attached hydrogen (secondary N) is 1. The van der Waals surface area contributed by atoms with Crippen LogP contribution < -0.4 is 10.2 Å². The van der Waals surface area contributed by atoms with Crippen LogP contribution in [0.5, 0.6) is 0 Å². The topological polar surface area (TPSA) is 48.5 Å². The summed E-state index contributed by atoms with van der Waals surface area (Å²) in [7, 11) is 6.06. The van der Waals surface area contributed by atoms with Crippen molar-refractivity contribution in [3.63, 3.8) is 0 Å². The maximum atomic E-state index is 12.9. The molecule has 1 fully saturated rings. The highest BCUT2D eigenvalue weighted by atomic mass is 32.2. The van der Waals surface area contributed by atoms with E-state index in [-0.39, 0.29) is 5.91 Å². The van der Waals surface area contributed by atoms with E-state index in [4.69, 9.17) is 0 Å². The average molecular weight is 377 g/mol. The van der Waals surface area contributed by atoms with Crippen molar-refractivity contribution in [2.75, 3.05) is 31.4 Å². The molecule has 0 radical (unpaired) electrons. The van der Waals surface area contributed by atoms with E-state index in [1.165, 1.54) is 29.1 Å². The fraction of sp³-hybridized carbons (Fsp3) is 0.444. The molecule has 1 aromatic heterocycles. The molecule has 3 rings (SSSR count). The van der Waals surface area contributed by atoms with Crippen LogP contribution >= 0.6 is 23.3 Å². The minimum absolute atomic E-state index is 0.0966. The van der Waals surface area contributed by atoms with Crippen LogP contribution in [0.3, 0.4) is 0 Å². The molecule has 2 aromatic rings. The first-order valence-corrected chi connectivity index (χ1v) is 10.0. The van der Waals surface area contributed by atoms with E-state index >= 15 is 0 Å². The zero-order valence-electron chi connectivity index (χ0n) is 15.1. The second-order valence-electron chi connectivity index (χ2n) is 6.36. The van der Waals surface area contributed by atoms with Crippen LogP contribution in [0.2, 0.25) is 0 Å². The monoisotopic (exact) mass is 376 g/mol. The number of carbonyl (C=O) groups excluding carboxylic acids is 1. The maximum absolute atomic E-state index is 12.9. The molecule has 0 bridgehead atoms. The van der Waals surface area contributed by atoms with Crippen LogP contribution in [0.25, 0.3) is 0 Å². The number of amides is 1. The summed E-state index contributed by atoms with van der Waals surface area (Å²) in [5, 5.41) is 3.63. The Hall–Kier alpha value is -1.57. The van der Waals surface area contributed by atoms with Gasteiger partial charge in [0.2, 0.25) is 0 Å². The Kier molecular flexibility index (Phi) is 5.66. The van der Waals surface area contributed by atoms with Crippen molar-refractivity contribution in [2.24, 2.45) is 0 Å². The van der Waals surface area contributed by atoms with Crippen LogP contribution in [0.15, 0.2) is 29.3 Å². The van der Waals surface area contributed by atoms with E-state index < -0.39 is 0 Å². The fourth-order valence-electron chi connectivity index (χ4n) is 2.62. The molecule has 0 aliphatic heterocycles. The standard InChI is InChI=1S/C18H24N4OS2/c1-5-13-11-19-18(24-13)20-17(23)15-10-14(25-21(2)3)8-9-16(15)22(4)12-6-7-12/h8-12H,5-7H2,1-4H3,(H,19,20,23). The zero-order valence-corrected chi connectivity index (χ0v) is 16.7. The lowest BCUT2D eigenvalue weighted by Gasteiger charge is -2.22. The predicted molar refractivity (Wildman–Crippen MR) is 107 cm³/mol. The van der Waals surface area contributed by atoms with Gasteiger partial charge in [0.1, 0.15) is 0 Å². The molecule has 0 unspecified atom stereocenters. The van der Waals surface area contributed by atoms with E-state index in [1.54, 1.807) is 11.9 Å². The van der Waals surface area contributed by atoms with Crippen LogP contribution in [-0.4, -0.2) is 42.4 Å². The third kappa shape index (κ3) is 4.54. The quantitative estimate of drug-likeness (QED) is 0.737. The van der Waals surface area contributed by atoms with Gasteiger partial charge in [0.05, 0.1) is 5.56 Å². The summed E-state index contributed by atoms with van der Waals surface area (Å²) in [4.78, 5) is 21.7. The number of aryl methyl sites for hydroxylation is 1. The number of anilines is 2. The Bertz CT molecular complexity index is 755. The molecule has 25 heavy (non-hydrogen) atoms. The first-order chi connectivity index (χ1) is 12.0. The SMILES string of the molecule is CCc1cnc(NC(=O)c2cc(SN(C)C)ccc2N(C)C2CC2)s1. The third-order valence-corrected chi connectivity index (χ3v) is 5.98. The molecule has 1 N–H and O–H groups in total. The molecule has 1 heterocycles. The van der Waals surface area contributed by atoms with E-state index in [1.807, 2.05) is 30.7 Å². The van der Waals surface area contributed by atoms with Crippen LogP contribution in [0.4, 0.5) is 10.8 Å². The highest BCUT2D eigenvalue weighted by Crippen LogP contribution is 2.35. The fourth-order valence-corrected chi connectivity index (χ4v) is 4.09. The number of rotatable bonds is 7. The summed E-state index contributed by atoms with van der Waals surface area (Å²) < 4.78 is 2.02. The molecule has 7 heteroatoms. The lowest BCUT2D eigenvalue weighted by Crippen LogP contribution is -2.24. The van der Waals surface area contributed by atoms with Crippen molar-refractivity contribution in [1.29, 1.82) is 0 Å². The van der Waals surface area contributed by atoms with E-state index in [0.717, 1.165) is 17.0 Å². The molecule has 0 atom stereocenters. The first-order valence-electron chi connectivity index (χ1n) is 8.46. The minimum Gasteiger partial charge on any atom is -0.371 e. The van der Waals surface area contributed by atoms with Gasteiger partial charge in [-0.15, -0.1) is 11.3 Å². The van der Waals surface area contributed by atoms with Gasteiger partial charge in [-0.1, -0.05) is 6.92 Å². The van der Waals surface area contributed by atoms with Gasteiger partial charge in [-0.25, -0.2) is 4.98 Å². The van der Waals surface area contributed by atoms with Crippen molar-refractivity contribution in [2.45, 2.75) is 37.1 Å². The summed E-state index contributed by atoms with van der Waals surface area (Å²) >= 11 is 3.14. The Morgan fingerprint density at radius 3 is 2.72 bits per heavy atom. The Balaban J connectivity index is 1.87. The molecule has 0 spiro atoms. The molecule has 1 saturated carbocycles. The summed E-state index contributed by atoms with van der Waals surface area (Å²) in [6, 6.07) is 6.65. The second-order valence-corrected chi connectivity index (χ2v) is 8.86. The van der Waals surface area contributed by atoms with Crippen molar-refractivity contribution >= 4 is 40.0 Å². The van der Waals surface area contributed by atoms with Gasteiger partial charge < -0.3 is 4.90 Å². The largest absolute Gasteiger partial charge is 0.371 e. The summed E-state index contributed by atoms with van der Waals surface area (Å²) in [6.45, 7) is 2.09. The molecular formula is C18H24N4OS2. The molecule has 1 aliphatic rings. The number of thiazole rings is 1. The average Bonchev–Trinajstić information content (AvgIpc) is 3.33. The van der Waals surface area contributed by atoms with Crippen LogP contribution in [0.1, 0.15) is 35.0 Å². The lowest BCUT2D eigenvalue weighted by atomic mass is 10.1. The predicted octanol–water partition coefficient (Wildman–Crippen LogP) is 4.13. The number of benzene rings is 1. The van der Waals surface area contributed by atoms with Gasteiger partial charge in [-0.2, -0.15) is 0 Å². The van der Waals surface area contributed by atoms with Crippen molar-refractivity contribution in [1.82, 2.24) is 9.29 Å². The molecule has 5 nitrogen and oxygen atoms in total. The zero-order chi connectivity index (χ0) is 18.0. The van der Waals surface area contributed by atoms with Crippen molar-refractivity contribution < 1.29 is 4.79 Å². The van der Waals surface area contributed by atoms with Gasteiger partial charge in [0, 0.05) is 34.7 Å². The molecule has 134 valence electrons. The van der Waals surface area contributed by atoms with Gasteiger partial charge in [0.25, 0.3) is 5.91 Å². The normalized spacial score (nSPS) is 14.0. The Morgan fingerprint density at radius 2 is 2.12 bits per heavy atom.